The Balaban J connectivity index is 0.00000144. The number of rotatable bonds is 5. The smallest absolute Gasteiger partial charge is 0.237 e. The van der Waals surface area contributed by atoms with Gasteiger partial charge in [-0.2, -0.15) is 0 Å². The number of hydrogen-bond donors (Lipinski definition) is 2. The van der Waals surface area contributed by atoms with Crippen LogP contribution >= 0.6 is 24.8 Å². The monoisotopic (exact) mass is 373 g/mol. The van der Waals surface area contributed by atoms with E-state index in [-0.39, 0.29) is 36.8 Å². The van der Waals surface area contributed by atoms with Gasteiger partial charge < -0.3 is 10.6 Å². The molecular formula is C18H29Cl2N3O. The number of nitrogens with zero attached hydrogens (tertiary/aromatic N) is 1. The third-order valence-corrected chi connectivity index (χ3v) is 4.87. The van der Waals surface area contributed by atoms with Crippen molar-refractivity contribution in [2.45, 2.75) is 50.7 Å². The van der Waals surface area contributed by atoms with Crippen LogP contribution in [-0.2, 0) is 11.3 Å². The lowest BCUT2D eigenvalue weighted by molar-refractivity contribution is -0.123. The van der Waals surface area contributed by atoms with Crippen molar-refractivity contribution in [3.8, 4) is 0 Å². The molecule has 1 unspecified atom stereocenters. The highest BCUT2D eigenvalue weighted by Gasteiger charge is 2.26. The lowest BCUT2D eigenvalue weighted by Crippen LogP contribution is -2.49. The molecule has 2 saturated heterocycles. The second-order valence-corrected chi connectivity index (χ2v) is 6.50. The Bertz CT molecular complexity index is 480. The molecular weight excluding hydrogens is 345 g/mol. The number of halogens is 2. The van der Waals surface area contributed by atoms with E-state index in [2.05, 4.69) is 45.9 Å². The molecule has 3 rings (SSSR count). The third-order valence-electron chi connectivity index (χ3n) is 4.87. The van der Waals surface area contributed by atoms with Crippen LogP contribution in [0.15, 0.2) is 30.3 Å². The zero-order valence-corrected chi connectivity index (χ0v) is 15.7. The fourth-order valence-corrected chi connectivity index (χ4v) is 3.57. The zero-order chi connectivity index (χ0) is 15.2. The average Bonchev–Trinajstić information content (AvgIpc) is 3.01. The van der Waals surface area contributed by atoms with Gasteiger partial charge in [0.1, 0.15) is 0 Å². The molecule has 1 amide bonds. The van der Waals surface area contributed by atoms with Crippen LogP contribution in [0.5, 0.6) is 0 Å². The standard InChI is InChI=1S/C18H27N3O.2ClH/c22-18(17-10-4-5-11-19-17)20-13-16-9-6-12-21(16)14-15-7-2-1-3-8-15;;/h1-3,7-8,16-17,19H,4-6,9-14H2,(H,20,22);2*1H/t16?,17-;;/m1../s1. The van der Waals surface area contributed by atoms with Crippen LogP contribution < -0.4 is 10.6 Å². The molecule has 0 aromatic heterocycles. The first-order chi connectivity index (χ1) is 10.8. The number of likely N-dealkylation sites (tertiary alicyclic amines) is 1. The molecule has 0 aliphatic carbocycles. The van der Waals surface area contributed by atoms with E-state index < -0.39 is 0 Å². The minimum atomic E-state index is 0. The van der Waals surface area contributed by atoms with Crippen molar-refractivity contribution in [1.29, 1.82) is 0 Å². The van der Waals surface area contributed by atoms with E-state index in [1.807, 2.05) is 0 Å². The van der Waals surface area contributed by atoms with Crippen LogP contribution in [0.25, 0.3) is 0 Å². The topological polar surface area (TPSA) is 44.4 Å². The van der Waals surface area contributed by atoms with Crippen LogP contribution in [0.3, 0.4) is 0 Å². The van der Waals surface area contributed by atoms with Crippen LogP contribution in [-0.4, -0.2) is 42.5 Å². The predicted octanol–water partition coefficient (Wildman–Crippen LogP) is 2.75. The lowest BCUT2D eigenvalue weighted by Gasteiger charge is -2.27. The summed E-state index contributed by atoms with van der Waals surface area (Å²) in [7, 11) is 0. The zero-order valence-electron chi connectivity index (χ0n) is 14.1. The Morgan fingerprint density at radius 2 is 1.92 bits per heavy atom. The van der Waals surface area contributed by atoms with Crippen molar-refractivity contribution in [2.75, 3.05) is 19.6 Å². The summed E-state index contributed by atoms with van der Waals surface area (Å²) in [6.45, 7) is 3.88. The largest absolute Gasteiger partial charge is 0.353 e. The first-order valence-electron chi connectivity index (χ1n) is 8.62. The van der Waals surface area contributed by atoms with Crippen LogP contribution in [0.2, 0.25) is 0 Å². The quantitative estimate of drug-likeness (QED) is 0.833. The number of hydrogen-bond acceptors (Lipinski definition) is 3. The molecule has 24 heavy (non-hydrogen) atoms. The lowest BCUT2D eigenvalue weighted by atomic mass is 10.0. The van der Waals surface area contributed by atoms with E-state index in [1.165, 1.54) is 24.8 Å². The van der Waals surface area contributed by atoms with E-state index in [9.17, 15) is 4.79 Å². The molecule has 1 aromatic carbocycles. The number of piperidine rings is 1. The molecule has 0 bridgehead atoms. The summed E-state index contributed by atoms with van der Waals surface area (Å²) in [5.74, 6) is 0.186. The van der Waals surface area contributed by atoms with E-state index >= 15 is 0 Å². The summed E-state index contributed by atoms with van der Waals surface area (Å²) >= 11 is 0. The molecule has 2 atom stereocenters. The van der Waals surface area contributed by atoms with Crippen molar-refractivity contribution in [3.63, 3.8) is 0 Å². The van der Waals surface area contributed by atoms with Crippen LogP contribution in [0, 0.1) is 0 Å². The van der Waals surface area contributed by atoms with Gasteiger partial charge in [-0.15, -0.1) is 24.8 Å². The van der Waals surface area contributed by atoms with Gasteiger partial charge in [-0.1, -0.05) is 36.8 Å². The summed E-state index contributed by atoms with van der Waals surface area (Å²) in [4.78, 5) is 14.7. The molecule has 2 fully saturated rings. The highest BCUT2D eigenvalue weighted by atomic mass is 35.5. The molecule has 2 aliphatic rings. The van der Waals surface area contributed by atoms with Crippen LogP contribution in [0.1, 0.15) is 37.7 Å². The molecule has 1 aromatic rings. The molecule has 0 radical (unpaired) electrons. The summed E-state index contributed by atoms with van der Waals surface area (Å²) < 4.78 is 0. The molecule has 2 heterocycles. The maximum Gasteiger partial charge on any atom is 0.237 e. The molecule has 136 valence electrons. The number of carbonyl (C=O) groups excluding carboxylic acids is 1. The molecule has 4 nitrogen and oxygen atoms in total. The van der Waals surface area contributed by atoms with Gasteiger partial charge in [0, 0.05) is 19.1 Å². The minimum absolute atomic E-state index is 0. The predicted molar refractivity (Wildman–Crippen MR) is 103 cm³/mol. The SMILES string of the molecule is Cl.Cl.O=C(NCC1CCCN1Cc1ccccc1)[C@H]1CCCCN1. The second kappa shape index (κ2) is 10.9. The fraction of sp³-hybridized carbons (Fsp3) is 0.611. The highest BCUT2D eigenvalue weighted by Crippen LogP contribution is 2.19. The van der Waals surface area contributed by atoms with E-state index in [1.54, 1.807) is 0 Å². The Hall–Kier alpha value is -0.810. The summed E-state index contributed by atoms with van der Waals surface area (Å²) in [6.07, 6.45) is 5.75. The second-order valence-electron chi connectivity index (χ2n) is 6.50. The Morgan fingerprint density at radius 3 is 2.62 bits per heavy atom. The van der Waals surface area contributed by atoms with E-state index in [0.717, 1.165) is 39.0 Å². The maximum atomic E-state index is 12.2. The van der Waals surface area contributed by atoms with E-state index in [4.69, 9.17) is 0 Å². The summed E-state index contributed by atoms with van der Waals surface area (Å²) in [6, 6.07) is 11.1. The summed E-state index contributed by atoms with van der Waals surface area (Å²) in [5, 5.41) is 6.49. The summed E-state index contributed by atoms with van der Waals surface area (Å²) in [5.41, 5.74) is 1.36. The Morgan fingerprint density at radius 1 is 1.12 bits per heavy atom. The molecule has 0 spiro atoms. The fourth-order valence-electron chi connectivity index (χ4n) is 3.57. The van der Waals surface area contributed by atoms with Gasteiger partial charge in [0.25, 0.3) is 0 Å². The normalized spacial score (nSPS) is 23.8. The van der Waals surface area contributed by atoms with E-state index in [0.29, 0.717) is 6.04 Å². The van der Waals surface area contributed by atoms with Gasteiger partial charge in [-0.25, -0.2) is 0 Å². The van der Waals surface area contributed by atoms with Gasteiger partial charge in [-0.3, -0.25) is 9.69 Å². The van der Waals surface area contributed by atoms with Crippen molar-refractivity contribution < 1.29 is 4.79 Å². The number of carbonyl (C=O) groups is 1. The first-order valence-corrected chi connectivity index (χ1v) is 8.62. The van der Waals surface area contributed by atoms with Gasteiger partial charge >= 0.3 is 0 Å². The van der Waals surface area contributed by atoms with Gasteiger partial charge in [0.15, 0.2) is 0 Å². The van der Waals surface area contributed by atoms with Crippen molar-refractivity contribution in [2.24, 2.45) is 0 Å². The van der Waals surface area contributed by atoms with Gasteiger partial charge in [-0.05, 0) is 44.3 Å². The van der Waals surface area contributed by atoms with Gasteiger partial charge in [0.05, 0.1) is 6.04 Å². The molecule has 0 saturated carbocycles. The van der Waals surface area contributed by atoms with Crippen molar-refractivity contribution >= 4 is 30.7 Å². The Labute approximate surface area is 157 Å². The van der Waals surface area contributed by atoms with Gasteiger partial charge in [0.2, 0.25) is 5.91 Å². The maximum absolute atomic E-state index is 12.2. The van der Waals surface area contributed by atoms with Crippen molar-refractivity contribution in [3.05, 3.63) is 35.9 Å². The number of nitrogens with one attached hydrogen (secondary N) is 2. The molecule has 2 N–H and O–H groups in total. The number of amides is 1. The average molecular weight is 374 g/mol. The molecule has 6 heteroatoms. The first kappa shape index (κ1) is 21.2. The number of benzene rings is 1. The molecule has 2 aliphatic heterocycles. The van der Waals surface area contributed by atoms with Crippen LogP contribution in [0.4, 0.5) is 0 Å². The minimum Gasteiger partial charge on any atom is -0.353 e. The third kappa shape index (κ3) is 5.92. The van der Waals surface area contributed by atoms with Crippen molar-refractivity contribution in [1.82, 2.24) is 15.5 Å². The highest BCUT2D eigenvalue weighted by molar-refractivity contribution is 5.85. The Kier molecular flexibility index (Phi) is 9.67.